The van der Waals surface area contributed by atoms with Crippen LogP contribution < -0.4 is 10.1 Å². The van der Waals surface area contributed by atoms with E-state index in [-0.39, 0.29) is 27.6 Å². The number of hydrogen-bond acceptors (Lipinski definition) is 4. The molecule has 2 aromatic carbocycles. The number of alkyl halides is 3. The summed E-state index contributed by atoms with van der Waals surface area (Å²) in [6, 6.07) is 3.75. The van der Waals surface area contributed by atoms with E-state index in [2.05, 4.69) is 15.5 Å². The molecule has 2 atom stereocenters. The van der Waals surface area contributed by atoms with Gasteiger partial charge in [0.15, 0.2) is 17.2 Å². The van der Waals surface area contributed by atoms with Gasteiger partial charge in [0.1, 0.15) is 0 Å². The van der Waals surface area contributed by atoms with E-state index in [0.717, 1.165) is 6.07 Å². The fourth-order valence-electron chi connectivity index (χ4n) is 4.58. The van der Waals surface area contributed by atoms with Crippen molar-refractivity contribution >= 4 is 28.2 Å². The van der Waals surface area contributed by atoms with Crippen LogP contribution in [0, 0.1) is 5.82 Å². The Balaban J connectivity index is 1.99. The smallest absolute Gasteiger partial charge is 0.419 e. The SMILES string of the molecule is COc1c(F)ccc2c1C(C)(C)CC(O)(C(F)(F)F)C2Nc1c(Cl)ccc2[nH]ncc12. The molecule has 31 heavy (non-hydrogen) atoms. The van der Waals surface area contributed by atoms with Gasteiger partial charge in [0.2, 0.25) is 0 Å². The van der Waals surface area contributed by atoms with Crippen molar-refractivity contribution in [3.8, 4) is 5.75 Å². The summed E-state index contributed by atoms with van der Waals surface area (Å²) < 4.78 is 62.5. The van der Waals surface area contributed by atoms with Crippen LogP contribution in [0.25, 0.3) is 10.9 Å². The average Bonchev–Trinajstić information content (AvgIpc) is 3.14. The van der Waals surface area contributed by atoms with Gasteiger partial charge in [0, 0.05) is 10.9 Å². The van der Waals surface area contributed by atoms with E-state index in [0.29, 0.717) is 10.9 Å². The Kier molecular flexibility index (Phi) is 4.90. The van der Waals surface area contributed by atoms with Crippen LogP contribution in [0.15, 0.2) is 30.5 Å². The van der Waals surface area contributed by atoms with Crippen LogP contribution in [0.2, 0.25) is 5.02 Å². The highest BCUT2D eigenvalue weighted by Gasteiger charge is 2.64. The second-order valence-electron chi connectivity index (χ2n) is 8.36. The lowest BCUT2D eigenvalue weighted by molar-refractivity contribution is -0.275. The zero-order valence-electron chi connectivity index (χ0n) is 16.9. The first-order valence-corrected chi connectivity index (χ1v) is 9.82. The van der Waals surface area contributed by atoms with Gasteiger partial charge in [-0.15, -0.1) is 0 Å². The molecule has 1 aliphatic rings. The maximum Gasteiger partial charge on any atom is 0.419 e. The molecule has 166 valence electrons. The van der Waals surface area contributed by atoms with Gasteiger partial charge in [0.05, 0.1) is 35.6 Å². The zero-order chi connectivity index (χ0) is 22.8. The molecule has 1 heterocycles. The van der Waals surface area contributed by atoms with Crippen molar-refractivity contribution in [2.24, 2.45) is 0 Å². The summed E-state index contributed by atoms with van der Waals surface area (Å²) in [7, 11) is 1.25. The molecule has 3 N–H and O–H groups in total. The summed E-state index contributed by atoms with van der Waals surface area (Å²) in [5, 5.41) is 21.1. The number of methoxy groups -OCH3 is 1. The van der Waals surface area contributed by atoms with Crippen LogP contribution in [0.5, 0.6) is 5.75 Å². The Morgan fingerprint density at radius 3 is 2.61 bits per heavy atom. The minimum absolute atomic E-state index is 0.0749. The molecule has 1 aliphatic carbocycles. The third-order valence-corrected chi connectivity index (χ3v) is 6.19. The van der Waals surface area contributed by atoms with E-state index >= 15 is 0 Å². The molecule has 1 aromatic heterocycles. The first kappa shape index (κ1) is 21.7. The van der Waals surface area contributed by atoms with E-state index in [1.165, 1.54) is 39.3 Å². The van der Waals surface area contributed by atoms with Gasteiger partial charge < -0.3 is 15.2 Å². The summed E-state index contributed by atoms with van der Waals surface area (Å²) in [5.41, 5.74) is -3.34. The molecule has 2 unspecified atom stereocenters. The number of ether oxygens (including phenoxy) is 1. The molecule has 0 radical (unpaired) electrons. The van der Waals surface area contributed by atoms with Crippen molar-refractivity contribution in [2.75, 3.05) is 12.4 Å². The molecule has 5 nitrogen and oxygen atoms in total. The van der Waals surface area contributed by atoms with Crippen molar-refractivity contribution in [3.63, 3.8) is 0 Å². The third-order valence-electron chi connectivity index (χ3n) is 5.88. The molecule has 0 spiro atoms. The van der Waals surface area contributed by atoms with Crippen molar-refractivity contribution in [1.29, 1.82) is 0 Å². The van der Waals surface area contributed by atoms with Gasteiger partial charge >= 0.3 is 6.18 Å². The normalized spacial score (nSPS) is 22.9. The lowest BCUT2D eigenvalue weighted by atomic mass is 9.63. The van der Waals surface area contributed by atoms with Crippen LogP contribution in [0.3, 0.4) is 0 Å². The van der Waals surface area contributed by atoms with Crippen molar-refractivity contribution in [1.82, 2.24) is 10.2 Å². The topological polar surface area (TPSA) is 70.2 Å². The van der Waals surface area contributed by atoms with Crippen molar-refractivity contribution < 1.29 is 27.4 Å². The highest BCUT2D eigenvalue weighted by Crippen LogP contribution is 2.57. The molecule has 0 bridgehead atoms. The number of aromatic nitrogens is 2. The first-order valence-electron chi connectivity index (χ1n) is 9.45. The van der Waals surface area contributed by atoms with Gasteiger partial charge in [0.25, 0.3) is 0 Å². The number of hydrogen-bond donors (Lipinski definition) is 3. The quantitative estimate of drug-likeness (QED) is 0.455. The highest BCUT2D eigenvalue weighted by molar-refractivity contribution is 6.34. The molecule has 10 heteroatoms. The fraction of sp³-hybridized carbons (Fsp3) is 0.381. The third kappa shape index (κ3) is 3.22. The Morgan fingerprint density at radius 2 is 1.97 bits per heavy atom. The second-order valence-corrected chi connectivity index (χ2v) is 8.77. The summed E-state index contributed by atoms with van der Waals surface area (Å²) in [5.74, 6) is -0.841. The van der Waals surface area contributed by atoms with Gasteiger partial charge in [-0.25, -0.2) is 4.39 Å². The summed E-state index contributed by atoms with van der Waals surface area (Å²) >= 11 is 6.30. The van der Waals surface area contributed by atoms with E-state index in [4.69, 9.17) is 16.3 Å². The van der Waals surface area contributed by atoms with Gasteiger partial charge in [-0.1, -0.05) is 31.5 Å². The summed E-state index contributed by atoms with van der Waals surface area (Å²) in [6.45, 7) is 3.04. The fourth-order valence-corrected chi connectivity index (χ4v) is 4.79. The second kappa shape index (κ2) is 7.00. The minimum atomic E-state index is -4.99. The van der Waals surface area contributed by atoms with Gasteiger partial charge in [-0.05, 0) is 35.6 Å². The standard InChI is InChI=1S/C21H20ClF4N3O2/c1-19(2)9-20(30,21(24,25)26)18(10-4-6-13(23)17(31-3)15(10)19)28-16-11-8-27-29-14(11)7-5-12(16)22/h4-8,18,28,30H,9H2,1-3H3,(H,27,29). The maximum atomic E-state index is 14.5. The predicted molar refractivity (Wildman–Crippen MR) is 109 cm³/mol. The number of benzene rings is 2. The van der Waals surface area contributed by atoms with Crippen LogP contribution in [0.4, 0.5) is 23.2 Å². The molecule has 0 saturated carbocycles. The monoisotopic (exact) mass is 457 g/mol. The van der Waals surface area contributed by atoms with E-state index in [9.17, 15) is 22.7 Å². The number of anilines is 1. The molecular weight excluding hydrogens is 438 g/mol. The van der Waals surface area contributed by atoms with Crippen LogP contribution >= 0.6 is 11.6 Å². The van der Waals surface area contributed by atoms with E-state index < -0.39 is 35.5 Å². The lowest BCUT2D eigenvalue weighted by Gasteiger charge is -2.49. The Bertz CT molecular complexity index is 1160. The molecule has 0 aliphatic heterocycles. The number of fused-ring (bicyclic) bond motifs is 2. The van der Waals surface area contributed by atoms with Crippen LogP contribution in [-0.4, -0.2) is 34.2 Å². The molecule has 0 fully saturated rings. The number of aromatic amines is 1. The lowest BCUT2D eigenvalue weighted by Crippen LogP contribution is -2.58. The number of aliphatic hydroxyl groups is 1. The van der Waals surface area contributed by atoms with E-state index in [1.54, 1.807) is 6.07 Å². The highest BCUT2D eigenvalue weighted by atomic mass is 35.5. The molecule has 4 rings (SSSR count). The number of nitrogens with zero attached hydrogens (tertiary/aromatic N) is 1. The molecule has 0 amide bonds. The first-order chi connectivity index (χ1) is 14.4. The Labute approximate surface area is 180 Å². The summed E-state index contributed by atoms with van der Waals surface area (Å²) in [4.78, 5) is 0. The molecule has 0 saturated heterocycles. The van der Waals surface area contributed by atoms with Crippen molar-refractivity contribution in [3.05, 3.63) is 52.4 Å². The largest absolute Gasteiger partial charge is 0.493 e. The molecule has 3 aromatic rings. The number of rotatable bonds is 3. The number of halogens is 5. The van der Waals surface area contributed by atoms with E-state index in [1.807, 2.05) is 0 Å². The number of nitrogens with one attached hydrogen (secondary N) is 2. The Morgan fingerprint density at radius 1 is 1.26 bits per heavy atom. The van der Waals surface area contributed by atoms with Crippen LogP contribution in [-0.2, 0) is 5.41 Å². The predicted octanol–water partition coefficient (Wildman–Crippen LogP) is 5.49. The van der Waals surface area contributed by atoms with Gasteiger partial charge in [-0.3, -0.25) is 5.10 Å². The average molecular weight is 458 g/mol. The Hall–Kier alpha value is -2.52. The van der Waals surface area contributed by atoms with Gasteiger partial charge in [-0.2, -0.15) is 18.3 Å². The summed E-state index contributed by atoms with van der Waals surface area (Å²) in [6.07, 6.45) is -4.28. The minimum Gasteiger partial charge on any atom is -0.493 e. The zero-order valence-corrected chi connectivity index (χ0v) is 17.6. The number of H-pyrrole nitrogens is 1. The van der Waals surface area contributed by atoms with Crippen LogP contribution in [0.1, 0.15) is 37.4 Å². The van der Waals surface area contributed by atoms with Crippen molar-refractivity contribution in [2.45, 2.75) is 43.5 Å². The maximum absolute atomic E-state index is 14.5. The molecular formula is C21H20ClF4N3O2.